The van der Waals surface area contributed by atoms with Crippen LogP contribution in [-0.4, -0.2) is 25.0 Å². The Morgan fingerprint density at radius 3 is 1.80 bits per heavy atom. The zero-order chi connectivity index (χ0) is 22.1. The first kappa shape index (κ1) is 28.7. The lowest BCUT2D eigenvalue weighted by Gasteiger charge is -2.07. The molecule has 0 unspecified atom stereocenters. The zero-order valence-electron chi connectivity index (χ0n) is 20.0. The Kier molecular flexibility index (Phi) is 22.9. The van der Waals surface area contributed by atoms with Crippen LogP contribution < -0.4 is 5.32 Å². The Balaban J connectivity index is 3.29. The van der Waals surface area contributed by atoms with Crippen LogP contribution in [0.5, 0.6) is 0 Å². The van der Waals surface area contributed by atoms with E-state index in [0.717, 1.165) is 32.1 Å². The summed E-state index contributed by atoms with van der Waals surface area (Å²) in [4.78, 5) is 23.2. The number of unbranched alkanes of at least 4 members (excludes halogenated alkanes) is 13. The third-order valence-corrected chi connectivity index (χ3v) is 5.34. The Bertz CT molecular complexity index is 421. The Hall–Kier alpha value is -1.32. The molecule has 0 aliphatic rings. The molecule has 0 radical (unpaired) electrons. The highest BCUT2D eigenvalue weighted by molar-refractivity contribution is 5.75. The van der Waals surface area contributed by atoms with Crippen molar-refractivity contribution in [2.75, 3.05) is 13.2 Å². The first-order valence-corrected chi connectivity index (χ1v) is 12.8. The number of carbonyl (C=O) groups excluding carboxylic acids is 2. The van der Waals surface area contributed by atoms with Crippen molar-refractivity contribution in [2.24, 2.45) is 0 Å². The normalized spacial score (nSPS) is 11.1. The molecule has 0 aromatic carbocycles. The third kappa shape index (κ3) is 23.0. The fraction of sp³-hybridized carbons (Fsp3) is 0.846. The number of rotatable bonds is 22. The summed E-state index contributed by atoms with van der Waals surface area (Å²) in [7, 11) is 0. The van der Waals surface area contributed by atoms with Gasteiger partial charge in [0.2, 0.25) is 5.91 Å². The number of hydrogen-bond donors (Lipinski definition) is 1. The maximum Gasteiger partial charge on any atom is 0.305 e. The molecular formula is C26H49NO3. The van der Waals surface area contributed by atoms with E-state index in [2.05, 4.69) is 31.3 Å². The van der Waals surface area contributed by atoms with E-state index in [0.29, 0.717) is 19.4 Å². The van der Waals surface area contributed by atoms with Gasteiger partial charge in [-0.15, -0.1) is 0 Å². The van der Waals surface area contributed by atoms with Gasteiger partial charge in [-0.05, 0) is 38.5 Å². The molecule has 0 aromatic rings. The summed E-state index contributed by atoms with van der Waals surface area (Å²) in [6.45, 7) is 5.08. The fourth-order valence-corrected chi connectivity index (χ4v) is 3.39. The van der Waals surface area contributed by atoms with Crippen LogP contribution in [0.25, 0.3) is 0 Å². The molecule has 0 aliphatic heterocycles. The average molecular weight is 424 g/mol. The summed E-state index contributed by atoms with van der Waals surface area (Å²) in [6, 6.07) is 0. The molecule has 0 aliphatic carbocycles. The molecule has 0 aromatic heterocycles. The summed E-state index contributed by atoms with van der Waals surface area (Å²) < 4.78 is 5.17. The van der Waals surface area contributed by atoms with E-state index >= 15 is 0 Å². The standard InChI is InChI=1S/C26H49NO3/c1-3-5-7-8-9-10-11-12-13-14-15-16-17-18-20-22-26(29)30-24-23-27-25(28)21-19-6-4-2/h12-13H,3-11,14-24H2,1-2H3,(H,27,28)/b13-12-. The predicted molar refractivity (Wildman–Crippen MR) is 128 cm³/mol. The highest BCUT2D eigenvalue weighted by Crippen LogP contribution is 2.10. The maximum atomic E-state index is 11.7. The molecule has 0 bridgehead atoms. The highest BCUT2D eigenvalue weighted by Gasteiger charge is 2.04. The van der Waals surface area contributed by atoms with Crippen molar-refractivity contribution in [3.8, 4) is 0 Å². The van der Waals surface area contributed by atoms with Crippen LogP contribution in [0.1, 0.15) is 129 Å². The minimum absolute atomic E-state index is 0.0525. The van der Waals surface area contributed by atoms with E-state index in [1.54, 1.807) is 0 Å². The number of carbonyl (C=O) groups is 2. The number of hydrogen-bond acceptors (Lipinski definition) is 3. The monoisotopic (exact) mass is 423 g/mol. The maximum absolute atomic E-state index is 11.7. The first-order valence-electron chi connectivity index (χ1n) is 12.8. The molecule has 4 heteroatoms. The van der Waals surface area contributed by atoms with Crippen molar-refractivity contribution in [2.45, 2.75) is 129 Å². The van der Waals surface area contributed by atoms with Crippen molar-refractivity contribution in [3.05, 3.63) is 12.2 Å². The summed E-state index contributed by atoms with van der Waals surface area (Å²) in [5.41, 5.74) is 0. The van der Waals surface area contributed by atoms with Gasteiger partial charge in [-0.1, -0.05) is 90.2 Å². The predicted octanol–water partition coefficient (Wildman–Crippen LogP) is 7.26. The van der Waals surface area contributed by atoms with Crippen LogP contribution in [0.3, 0.4) is 0 Å². The average Bonchev–Trinajstić information content (AvgIpc) is 2.74. The lowest BCUT2D eigenvalue weighted by molar-refractivity contribution is -0.144. The molecule has 176 valence electrons. The quantitative estimate of drug-likeness (QED) is 0.113. The van der Waals surface area contributed by atoms with Crippen molar-refractivity contribution in [1.29, 1.82) is 0 Å². The molecule has 0 saturated heterocycles. The Morgan fingerprint density at radius 2 is 1.17 bits per heavy atom. The SMILES string of the molecule is CCCCCCCC/C=C\CCCCCCCC(=O)OCCNC(=O)CCCCC. The molecular weight excluding hydrogens is 374 g/mol. The van der Waals surface area contributed by atoms with Crippen LogP contribution in [0.15, 0.2) is 12.2 Å². The second-order valence-corrected chi connectivity index (χ2v) is 8.36. The van der Waals surface area contributed by atoms with Crippen molar-refractivity contribution in [1.82, 2.24) is 5.32 Å². The van der Waals surface area contributed by atoms with Gasteiger partial charge in [-0.2, -0.15) is 0 Å². The number of amides is 1. The van der Waals surface area contributed by atoms with Gasteiger partial charge in [0.05, 0.1) is 6.54 Å². The lowest BCUT2D eigenvalue weighted by atomic mass is 10.1. The number of allylic oxidation sites excluding steroid dienone is 2. The van der Waals surface area contributed by atoms with Crippen LogP contribution in [0.2, 0.25) is 0 Å². The van der Waals surface area contributed by atoms with E-state index < -0.39 is 0 Å². The van der Waals surface area contributed by atoms with Gasteiger partial charge in [0, 0.05) is 12.8 Å². The second kappa shape index (κ2) is 24.0. The molecule has 0 fully saturated rings. The molecule has 0 atom stereocenters. The highest BCUT2D eigenvalue weighted by atomic mass is 16.5. The van der Waals surface area contributed by atoms with Crippen LogP contribution in [-0.2, 0) is 14.3 Å². The summed E-state index contributed by atoms with van der Waals surface area (Å²) in [6.07, 6.45) is 25.1. The van der Waals surface area contributed by atoms with Crippen molar-refractivity contribution in [3.63, 3.8) is 0 Å². The minimum Gasteiger partial charge on any atom is -0.464 e. The first-order chi connectivity index (χ1) is 14.7. The van der Waals surface area contributed by atoms with Crippen LogP contribution in [0, 0.1) is 0 Å². The van der Waals surface area contributed by atoms with Gasteiger partial charge < -0.3 is 10.1 Å². The number of ether oxygens (including phenoxy) is 1. The molecule has 4 nitrogen and oxygen atoms in total. The van der Waals surface area contributed by atoms with Gasteiger partial charge in [0.1, 0.15) is 6.61 Å². The molecule has 0 heterocycles. The van der Waals surface area contributed by atoms with Crippen LogP contribution >= 0.6 is 0 Å². The molecule has 1 amide bonds. The Labute approximate surface area is 186 Å². The molecule has 0 saturated carbocycles. The summed E-state index contributed by atoms with van der Waals surface area (Å²) in [5, 5.41) is 2.80. The van der Waals surface area contributed by atoms with Gasteiger partial charge in [-0.25, -0.2) is 0 Å². The van der Waals surface area contributed by atoms with E-state index in [9.17, 15) is 9.59 Å². The third-order valence-electron chi connectivity index (χ3n) is 5.34. The number of nitrogens with one attached hydrogen (secondary N) is 1. The van der Waals surface area contributed by atoms with E-state index in [1.807, 2.05) is 0 Å². The van der Waals surface area contributed by atoms with Crippen LogP contribution in [0.4, 0.5) is 0 Å². The van der Waals surface area contributed by atoms with Crippen molar-refractivity contribution >= 4 is 11.9 Å². The van der Waals surface area contributed by atoms with E-state index in [1.165, 1.54) is 70.6 Å². The molecule has 0 rings (SSSR count). The smallest absolute Gasteiger partial charge is 0.305 e. The van der Waals surface area contributed by atoms with Gasteiger partial charge in [0.15, 0.2) is 0 Å². The van der Waals surface area contributed by atoms with Gasteiger partial charge in [-0.3, -0.25) is 9.59 Å². The molecule has 0 spiro atoms. The fourth-order valence-electron chi connectivity index (χ4n) is 3.39. The summed E-state index contributed by atoms with van der Waals surface area (Å²) >= 11 is 0. The van der Waals surface area contributed by atoms with E-state index in [4.69, 9.17) is 4.74 Å². The largest absolute Gasteiger partial charge is 0.464 e. The van der Waals surface area contributed by atoms with Crippen molar-refractivity contribution < 1.29 is 14.3 Å². The van der Waals surface area contributed by atoms with Gasteiger partial charge >= 0.3 is 5.97 Å². The second-order valence-electron chi connectivity index (χ2n) is 8.36. The minimum atomic E-state index is -0.146. The molecule has 30 heavy (non-hydrogen) atoms. The Morgan fingerprint density at radius 1 is 0.667 bits per heavy atom. The van der Waals surface area contributed by atoms with Gasteiger partial charge in [0.25, 0.3) is 0 Å². The number of esters is 1. The molecule has 1 N–H and O–H groups in total. The summed E-state index contributed by atoms with van der Waals surface area (Å²) in [5.74, 6) is -0.0930. The lowest BCUT2D eigenvalue weighted by Crippen LogP contribution is -2.27. The topological polar surface area (TPSA) is 55.4 Å². The zero-order valence-corrected chi connectivity index (χ0v) is 20.0. The van der Waals surface area contributed by atoms with E-state index in [-0.39, 0.29) is 18.5 Å².